The van der Waals surface area contributed by atoms with Crippen LogP contribution in [0.2, 0.25) is 0 Å². The molecule has 4 N–H and O–H groups in total. The Labute approximate surface area is 198 Å². The third-order valence-corrected chi connectivity index (χ3v) is 6.53. The highest BCUT2D eigenvalue weighted by Gasteiger charge is 2.29. The number of hydrogen-bond donors (Lipinski definition) is 3. The maximum atomic E-state index is 11.2. The van der Waals surface area contributed by atoms with Crippen LogP contribution in [0.5, 0.6) is 5.75 Å². The Hall–Kier alpha value is -3.72. The molecule has 9 heteroatoms. The van der Waals surface area contributed by atoms with Crippen LogP contribution in [-0.2, 0) is 13.0 Å². The smallest absolute Gasteiger partial charge is 0.270 e. The number of piperidine rings is 1. The first kappa shape index (κ1) is 22.1. The van der Waals surface area contributed by atoms with Gasteiger partial charge in [0.1, 0.15) is 5.75 Å². The first-order valence-corrected chi connectivity index (χ1v) is 11.6. The van der Waals surface area contributed by atoms with Gasteiger partial charge in [-0.25, -0.2) is 4.98 Å². The third kappa shape index (κ3) is 4.65. The molecule has 2 aliphatic rings. The fourth-order valence-corrected chi connectivity index (χ4v) is 4.90. The lowest BCUT2D eigenvalue weighted by atomic mass is 9.88. The third-order valence-electron chi connectivity index (χ3n) is 6.53. The zero-order valence-electron chi connectivity index (χ0n) is 19.5. The first-order valence-electron chi connectivity index (χ1n) is 11.6. The number of carbonyl (C=O) groups is 1. The normalized spacial score (nSPS) is 17.4. The van der Waals surface area contributed by atoms with E-state index in [1.807, 2.05) is 19.1 Å². The van der Waals surface area contributed by atoms with Gasteiger partial charge in [-0.05, 0) is 79.8 Å². The fourth-order valence-electron chi connectivity index (χ4n) is 4.90. The van der Waals surface area contributed by atoms with Crippen LogP contribution in [0, 0.1) is 6.92 Å². The Morgan fingerprint density at radius 1 is 1.09 bits per heavy atom. The number of nitrogens with two attached hydrogens (primary N) is 1. The van der Waals surface area contributed by atoms with Gasteiger partial charge in [0.15, 0.2) is 5.69 Å². The van der Waals surface area contributed by atoms with Crippen molar-refractivity contribution in [3.8, 4) is 5.75 Å². The van der Waals surface area contributed by atoms with Crippen LogP contribution < -0.4 is 21.1 Å². The van der Waals surface area contributed by atoms with E-state index >= 15 is 0 Å². The molecule has 3 aromatic rings. The Morgan fingerprint density at radius 3 is 2.65 bits per heavy atom. The molecule has 1 saturated heterocycles. The van der Waals surface area contributed by atoms with Crippen LogP contribution in [-0.4, -0.2) is 45.7 Å². The van der Waals surface area contributed by atoms with Gasteiger partial charge in [0.2, 0.25) is 5.95 Å². The van der Waals surface area contributed by atoms with Crippen molar-refractivity contribution in [1.29, 1.82) is 0 Å². The molecule has 176 valence electrons. The molecule has 0 radical (unpaired) electrons. The molecular formula is C25H29N7O2. The number of nitrogens with one attached hydrogen (secondary N) is 2. The van der Waals surface area contributed by atoms with E-state index in [4.69, 9.17) is 10.5 Å². The van der Waals surface area contributed by atoms with Crippen LogP contribution in [0.1, 0.15) is 46.4 Å². The summed E-state index contributed by atoms with van der Waals surface area (Å²) in [5.41, 5.74) is 11.7. The Bertz CT molecular complexity index is 1210. The van der Waals surface area contributed by atoms with E-state index in [1.165, 1.54) is 43.1 Å². The van der Waals surface area contributed by atoms with E-state index in [0.717, 1.165) is 41.3 Å². The molecule has 5 rings (SSSR count). The minimum absolute atomic E-state index is 0.0209. The second-order valence-electron chi connectivity index (χ2n) is 9.01. The molecule has 9 nitrogen and oxygen atoms in total. The van der Waals surface area contributed by atoms with E-state index in [1.54, 1.807) is 7.11 Å². The summed E-state index contributed by atoms with van der Waals surface area (Å²) in [7, 11) is 1.71. The maximum absolute atomic E-state index is 11.2. The van der Waals surface area contributed by atoms with Crippen molar-refractivity contribution in [3.05, 3.63) is 58.9 Å². The number of aryl methyl sites for hydroxylation is 1. The molecule has 0 aliphatic carbocycles. The van der Waals surface area contributed by atoms with Crippen LogP contribution in [0.25, 0.3) is 0 Å². The molecule has 0 spiro atoms. The second-order valence-corrected chi connectivity index (χ2v) is 9.01. The molecule has 1 unspecified atom stereocenters. The predicted molar refractivity (Wildman–Crippen MR) is 131 cm³/mol. The quantitative estimate of drug-likeness (QED) is 0.511. The van der Waals surface area contributed by atoms with Crippen molar-refractivity contribution in [3.63, 3.8) is 0 Å². The second kappa shape index (κ2) is 9.26. The standard InChI is InChI=1S/C25H29N7O2/c1-15-7-18(12-19(8-15)29-25-27-13-22(24(26)33)30-31-25)28-21-10-17-14-32-6-4-3-5-20(32)9-16(17)11-23(21)34-2/h7-8,10-13,20,28H,3-6,9,14H2,1-2H3,(H2,26,33)(H,27,29,31). The number of methoxy groups -OCH3 is 1. The number of carbonyl (C=O) groups excluding carboxylic acids is 1. The lowest BCUT2D eigenvalue weighted by Gasteiger charge is -2.40. The maximum Gasteiger partial charge on any atom is 0.270 e. The molecule has 34 heavy (non-hydrogen) atoms. The topological polar surface area (TPSA) is 118 Å². The first-order chi connectivity index (χ1) is 16.5. The molecule has 1 atom stereocenters. The Morgan fingerprint density at radius 2 is 1.91 bits per heavy atom. The van der Waals surface area contributed by atoms with Crippen molar-refractivity contribution in [2.24, 2.45) is 5.73 Å². The number of primary amides is 1. The summed E-state index contributed by atoms with van der Waals surface area (Å²) in [6.45, 7) is 4.19. The number of aromatic nitrogens is 3. The lowest BCUT2D eigenvalue weighted by molar-refractivity contribution is 0.0994. The average molecular weight is 460 g/mol. The van der Waals surface area contributed by atoms with E-state index < -0.39 is 5.91 Å². The number of rotatable bonds is 6. The number of anilines is 4. The fraction of sp³-hybridized carbons (Fsp3) is 0.360. The monoisotopic (exact) mass is 459 g/mol. The van der Waals surface area contributed by atoms with Crippen LogP contribution in [0.3, 0.4) is 0 Å². The van der Waals surface area contributed by atoms with Crippen LogP contribution >= 0.6 is 0 Å². The molecule has 0 saturated carbocycles. The van der Waals surface area contributed by atoms with Crippen molar-refractivity contribution in [2.75, 3.05) is 24.3 Å². The Balaban J connectivity index is 1.38. The highest BCUT2D eigenvalue weighted by molar-refractivity contribution is 5.90. The molecule has 3 heterocycles. The zero-order valence-corrected chi connectivity index (χ0v) is 19.5. The molecule has 1 amide bonds. The van der Waals surface area contributed by atoms with Gasteiger partial charge in [-0.15, -0.1) is 10.2 Å². The molecule has 0 bridgehead atoms. The predicted octanol–water partition coefficient (Wildman–Crippen LogP) is 3.69. The highest BCUT2D eigenvalue weighted by atomic mass is 16.5. The van der Waals surface area contributed by atoms with E-state index in [0.29, 0.717) is 6.04 Å². The minimum atomic E-state index is -0.664. The van der Waals surface area contributed by atoms with Gasteiger partial charge in [0, 0.05) is 24.0 Å². The summed E-state index contributed by atoms with van der Waals surface area (Å²) in [6, 6.07) is 11.1. The number of ether oxygens (including phenoxy) is 1. The molecular weight excluding hydrogens is 430 g/mol. The van der Waals surface area contributed by atoms with Crippen molar-refractivity contribution < 1.29 is 9.53 Å². The van der Waals surface area contributed by atoms with E-state index in [-0.39, 0.29) is 11.6 Å². The molecule has 2 aromatic carbocycles. The van der Waals surface area contributed by atoms with E-state index in [2.05, 4.69) is 48.9 Å². The van der Waals surface area contributed by atoms with Crippen molar-refractivity contribution in [2.45, 2.75) is 45.2 Å². The Kier molecular flexibility index (Phi) is 6.02. The van der Waals surface area contributed by atoms with Gasteiger partial charge < -0.3 is 21.1 Å². The minimum Gasteiger partial charge on any atom is -0.495 e. The summed E-state index contributed by atoms with van der Waals surface area (Å²) in [5, 5.41) is 14.4. The zero-order chi connectivity index (χ0) is 23.7. The average Bonchev–Trinajstić information content (AvgIpc) is 2.82. The number of amides is 1. The van der Waals surface area contributed by atoms with Gasteiger partial charge in [0.05, 0.1) is 19.0 Å². The summed E-state index contributed by atoms with van der Waals surface area (Å²) in [6.07, 6.45) is 6.29. The number of fused-ring (bicyclic) bond motifs is 2. The molecule has 2 aliphatic heterocycles. The lowest BCUT2D eigenvalue weighted by Crippen LogP contribution is -2.43. The number of benzene rings is 2. The SMILES string of the molecule is COc1cc2c(cc1Nc1cc(C)cc(Nc3ncc(C(N)=O)nn3)c1)CN1CCCCC1C2. The van der Waals surface area contributed by atoms with Gasteiger partial charge in [0.25, 0.3) is 5.91 Å². The van der Waals surface area contributed by atoms with Gasteiger partial charge in [-0.3, -0.25) is 9.69 Å². The summed E-state index contributed by atoms with van der Waals surface area (Å²) >= 11 is 0. The number of nitrogens with zero attached hydrogens (tertiary/aromatic N) is 4. The molecule has 1 fully saturated rings. The highest BCUT2D eigenvalue weighted by Crippen LogP contribution is 2.37. The van der Waals surface area contributed by atoms with Gasteiger partial charge >= 0.3 is 0 Å². The summed E-state index contributed by atoms with van der Waals surface area (Å²) < 4.78 is 5.75. The van der Waals surface area contributed by atoms with Gasteiger partial charge in [-0.2, -0.15) is 0 Å². The molecule has 1 aromatic heterocycles. The van der Waals surface area contributed by atoms with Crippen LogP contribution in [0.15, 0.2) is 36.5 Å². The van der Waals surface area contributed by atoms with Crippen LogP contribution in [0.4, 0.5) is 23.0 Å². The number of hydrogen-bond acceptors (Lipinski definition) is 8. The van der Waals surface area contributed by atoms with Crippen molar-refractivity contribution in [1.82, 2.24) is 20.1 Å². The van der Waals surface area contributed by atoms with E-state index in [9.17, 15) is 4.79 Å². The largest absolute Gasteiger partial charge is 0.495 e. The van der Waals surface area contributed by atoms with Crippen molar-refractivity contribution >= 4 is 28.9 Å². The summed E-state index contributed by atoms with van der Waals surface area (Å²) in [4.78, 5) is 17.9. The van der Waals surface area contributed by atoms with Gasteiger partial charge in [-0.1, -0.05) is 6.42 Å². The summed E-state index contributed by atoms with van der Waals surface area (Å²) in [5.74, 6) is 0.459.